The van der Waals surface area contributed by atoms with Gasteiger partial charge in [0.1, 0.15) is 5.75 Å². The average Bonchev–Trinajstić information content (AvgIpc) is 2.30. The van der Waals surface area contributed by atoms with Crippen molar-refractivity contribution < 1.29 is 9.47 Å². The molecule has 1 saturated heterocycles. The van der Waals surface area contributed by atoms with Gasteiger partial charge >= 0.3 is 0 Å². The largest absolute Gasteiger partial charge is 0.497 e. The van der Waals surface area contributed by atoms with Gasteiger partial charge in [-0.1, -0.05) is 0 Å². The van der Waals surface area contributed by atoms with E-state index in [1.54, 1.807) is 7.11 Å². The van der Waals surface area contributed by atoms with Crippen LogP contribution in [-0.4, -0.2) is 32.4 Å². The molecule has 0 unspecified atom stereocenters. The molecule has 0 atom stereocenters. The third-order valence-electron chi connectivity index (χ3n) is 3.17. The Morgan fingerprint density at radius 1 is 1.41 bits per heavy atom. The van der Waals surface area contributed by atoms with Crippen LogP contribution < -0.4 is 15.4 Å². The Hall–Kier alpha value is -1.42. The first-order valence-corrected chi connectivity index (χ1v) is 5.83. The van der Waals surface area contributed by atoms with E-state index in [2.05, 4.69) is 18.7 Å². The average molecular weight is 236 g/mol. The lowest BCUT2D eigenvalue weighted by Crippen LogP contribution is -2.53. The topological polar surface area (TPSA) is 47.7 Å². The van der Waals surface area contributed by atoms with Crippen molar-refractivity contribution in [2.75, 3.05) is 37.5 Å². The molecule has 0 radical (unpaired) electrons. The van der Waals surface area contributed by atoms with Gasteiger partial charge in [-0.25, -0.2) is 0 Å². The van der Waals surface area contributed by atoms with Crippen LogP contribution in [0.2, 0.25) is 0 Å². The van der Waals surface area contributed by atoms with Gasteiger partial charge in [-0.3, -0.25) is 0 Å². The maximum absolute atomic E-state index is 6.06. The Kier molecular flexibility index (Phi) is 3.15. The van der Waals surface area contributed by atoms with E-state index in [1.165, 1.54) is 0 Å². The highest BCUT2D eigenvalue weighted by Crippen LogP contribution is 2.34. The van der Waals surface area contributed by atoms with Crippen LogP contribution in [0.15, 0.2) is 18.2 Å². The lowest BCUT2D eigenvalue weighted by Gasteiger charge is -2.44. The molecule has 0 bridgehead atoms. The number of nitrogen functional groups attached to an aromatic ring is 1. The van der Waals surface area contributed by atoms with Crippen molar-refractivity contribution in [2.24, 2.45) is 0 Å². The summed E-state index contributed by atoms with van der Waals surface area (Å²) in [6.07, 6.45) is 0. The number of anilines is 2. The molecule has 1 aromatic carbocycles. The van der Waals surface area contributed by atoms with Crippen LogP contribution in [0.5, 0.6) is 5.75 Å². The van der Waals surface area contributed by atoms with E-state index in [0.29, 0.717) is 6.61 Å². The first-order chi connectivity index (χ1) is 8.04. The van der Waals surface area contributed by atoms with E-state index in [4.69, 9.17) is 15.2 Å². The van der Waals surface area contributed by atoms with E-state index in [9.17, 15) is 0 Å². The first kappa shape index (κ1) is 12.0. The number of hydrogen-bond donors (Lipinski definition) is 1. The molecule has 0 amide bonds. The van der Waals surface area contributed by atoms with Crippen molar-refractivity contribution in [3.8, 4) is 5.75 Å². The van der Waals surface area contributed by atoms with Crippen LogP contribution in [0.3, 0.4) is 0 Å². The van der Waals surface area contributed by atoms with Crippen molar-refractivity contribution in [2.45, 2.75) is 19.4 Å². The Balaban J connectivity index is 2.37. The van der Waals surface area contributed by atoms with E-state index in [1.807, 2.05) is 18.2 Å². The van der Waals surface area contributed by atoms with Gasteiger partial charge in [0, 0.05) is 12.6 Å². The molecule has 4 nitrogen and oxygen atoms in total. The van der Waals surface area contributed by atoms with Crippen LogP contribution in [-0.2, 0) is 4.74 Å². The molecule has 2 rings (SSSR count). The molecule has 17 heavy (non-hydrogen) atoms. The molecule has 1 aliphatic rings. The zero-order valence-corrected chi connectivity index (χ0v) is 10.7. The minimum atomic E-state index is -0.0429. The predicted molar refractivity (Wildman–Crippen MR) is 69.7 cm³/mol. The summed E-state index contributed by atoms with van der Waals surface area (Å²) in [5.41, 5.74) is 7.82. The predicted octanol–water partition coefficient (Wildman–Crippen LogP) is 1.89. The van der Waals surface area contributed by atoms with Gasteiger partial charge in [0.05, 0.1) is 37.2 Å². The number of nitrogens with two attached hydrogens (primary N) is 1. The van der Waals surface area contributed by atoms with Crippen LogP contribution in [0.25, 0.3) is 0 Å². The lowest BCUT2D eigenvalue weighted by molar-refractivity contribution is 0.0644. The molecule has 0 spiro atoms. The third kappa shape index (κ3) is 2.31. The molecule has 0 aliphatic carbocycles. The molecule has 2 N–H and O–H groups in total. The molecular weight excluding hydrogens is 216 g/mol. The van der Waals surface area contributed by atoms with Crippen molar-refractivity contribution >= 4 is 11.4 Å². The number of nitrogens with zero attached hydrogens (tertiary/aromatic N) is 1. The first-order valence-electron chi connectivity index (χ1n) is 5.83. The second kappa shape index (κ2) is 4.45. The van der Waals surface area contributed by atoms with E-state index in [-0.39, 0.29) is 5.54 Å². The summed E-state index contributed by atoms with van der Waals surface area (Å²) < 4.78 is 10.8. The minimum Gasteiger partial charge on any atom is -0.497 e. The highest BCUT2D eigenvalue weighted by atomic mass is 16.5. The minimum absolute atomic E-state index is 0.0429. The van der Waals surface area contributed by atoms with Gasteiger partial charge in [-0.15, -0.1) is 0 Å². The summed E-state index contributed by atoms with van der Waals surface area (Å²) in [6.45, 7) is 6.62. The maximum Gasteiger partial charge on any atom is 0.121 e. The zero-order chi connectivity index (χ0) is 12.5. The summed E-state index contributed by atoms with van der Waals surface area (Å²) in [4.78, 5) is 2.29. The third-order valence-corrected chi connectivity index (χ3v) is 3.17. The molecule has 4 heteroatoms. The van der Waals surface area contributed by atoms with Crippen molar-refractivity contribution in [3.63, 3.8) is 0 Å². The van der Waals surface area contributed by atoms with Crippen LogP contribution in [0.4, 0.5) is 11.4 Å². The van der Waals surface area contributed by atoms with Gasteiger partial charge in [0.15, 0.2) is 0 Å². The van der Waals surface area contributed by atoms with Gasteiger partial charge in [-0.05, 0) is 26.0 Å². The quantitative estimate of drug-likeness (QED) is 0.797. The van der Waals surface area contributed by atoms with E-state index >= 15 is 0 Å². The summed E-state index contributed by atoms with van der Waals surface area (Å²) in [5, 5.41) is 0. The number of ether oxygens (including phenoxy) is 2. The zero-order valence-electron chi connectivity index (χ0n) is 10.7. The molecule has 1 aliphatic heterocycles. The number of methoxy groups -OCH3 is 1. The summed E-state index contributed by atoms with van der Waals surface area (Å²) >= 11 is 0. The monoisotopic (exact) mass is 236 g/mol. The van der Waals surface area contributed by atoms with Gasteiger partial charge in [0.2, 0.25) is 0 Å². The van der Waals surface area contributed by atoms with Crippen LogP contribution >= 0.6 is 0 Å². The van der Waals surface area contributed by atoms with Gasteiger partial charge in [0.25, 0.3) is 0 Å². The Morgan fingerprint density at radius 2 is 2.18 bits per heavy atom. The number of rotatable bonds is 2. The highest BCUT2D eigenvalue weighted by molar-refractivity contribution is 5.70. The SMILES string of the molecule is COc1ccc(N)c(N2CCOCC2(C)C)c1. The summed E-state index contributed by atoms with van der Waals surface area (Å²) in [7, 11) is 1.67. The van der Waals surface area contributed by atoms with Crippen molar-refractivity contribution in [3.05, 3.63) is 18.2 Å². The standard InChI is InChI=1S/C13H20N2O2/c1-13(2)9-17-7-6-15(13)12-8-10(16-3)4-5-11(12)14/h4-5,8H,6-7,9,14H2,1-3H3. The molecule has 0 aromatic heterocycles. The molecule has 1 fully saturated rings. The van der Waals surface area contributed by atoms with E-state index < -0.39 is 0 Å². The Morgan fingerprint density at radius 3 is 2.82 bits per heavy atom. The fourth-order valence-electron chi connectivity index (χ4n) is 2.19. The fourth-order valence-corrected chi connectivity index (χ4v) is 2.19. The normalized spacial score (nSPS) is 19.1. The molecular formula is C13H20N2O2. The van der Waals surface area contributed by atoms with Crippen LogP contribution in [0.1, 0.15) is 13.8 Å². The fraction of sp³-hybridized carbons (Fsp3) is 0.538. The Bertz CT molecular complexity index is 404. The summed E-state index contributed by atoms with van der Waals surface area (Å²) in [6, 6.07) is 5.76. The second-order valence-electron chi connectivity index (χ2n) is 4.94. The lowest BCUT2D eigenvalue weighted by atomic mass is 10.0. The highest BCUT2D eigenvalue weighted by Gasteiger charge is 2.31. The second-order valence-corrected chi connectivity index (χ2v) is 4.94. The number of hydrogen-bond acceptors (Lipinski definition) is 4. The number of morpholine rings is 1. The Labute approximate surface area is 102 Å². The van der Waals surface area contributed by atoms with Crippen molar-refractivity contribution in [1.29, 1.82) is 0 Å². The molecule has 94 valence electrons. The molecule has 1 aromatic rings. The van der Waals surface area contributed by atoms with Gasteiger partial charge in [-0.2, -0.15) is 0 Å². The van der Waals surface area contributed by atoms with E-state index in [0.717, 1.165) is 30.3 Å². The van der Waals surface area contributed by atoms with Crippen molar-refractivity contribution in [1.82, 2.24) is 0 Å². The smallest absolute Gasteiger partial charge is 0.121 e. The molecule has 1 heterocycles. The maximum atomic E-state index is 6.06. The number of benzene rings is 1. The van der Waals surface area contributed by atoms with Crippen LogP contribution in [0, 0.1) is 0 Å². The molecule has 0 saturated carbocycles. The van der Waals surface area contributed by atoms with Gasteiger partial charge < -0.3 is 20.1 Å². The summed E-state index contributed by atoms with van der Waals surface area (Å²) in [5.74, 6) is 0.830.